The number of pyridine rings is 1. The van der Waals surface area contributed by atoms with Crippen LogP contribution in [0.3, 0.4) is 0 Å². The molecule has 0 spiro atoms. The topological polar surface area (TPSA) is 120 Å². The maximum atomic E-state index is 12.7. The van der Waals surface area contributed by atoms with Crippen LogP contribution in [0.1, 0.15) is 55.1 Å². The molecule has 1 aliphatic carbocycles. The second-order valence-electron chi connectivity index (χ2n) is 14.8. The molecule has 55 heavy (non-hydrogen) atoms. The molecule has 4 aromatic rings. The first kappa shape index (κ1) is 36.7. The van der Waals surface area contributed by atoms with Gasteiger partial charge < -0.3 is 25.0 Å². The molecule has 3 saturated heterocycles. The van der Waals surface area contributed by atoms with E-state index < -0.39 is 0 Å². The molecule has 8 rings (SSSR count). The van der Waals surface area contributed by atoms with Crippen molar-refractivity contribution in [3.63, 3.8) is 0 Å². The highest BCUT2D eigenvalue weighted by atomic mass is 16.7. The fourth-order valence-electron chi connectivity index (χ4n) is 8.08. The summed E-state index contributed by atoms with van der Waals surface area (Å²) in [6.45, 7) is 13.1. The van der Waals surface area contributed by atoms with Gasteiger partial charge in [0.2, 0.25) is 5.91 Å². The Morgan fingerprint density at radius 3 is 2.40 bits per heavy atom. The van der Waals surface area contributed by atoms with Crippen LogP contribution in [0.25, 0.3) is 0 Å². The van der Waals surface area contributed by atoms with E-state index in [1.165, 1.54) is 38.3 Å². The molecule has 288 valence electrons. The summed E-state index contributed by atoms with van der Waals surface area (Å²) in [5.74, 6) is 2.29. The number of rotatable bonds is 13. The SMILES string of the molecule is C=CC(=O)Nc1cc(Nc2cc(N3OCC[C@@H]3c3cccc(OCc4cccc(C)n4)c3)ncn2)c(OC)cc1N1CCC(N2CCN(C3CC3)CC2)CC1. The molecule has 13 nitrogen and oxygen atoms in total. The predicted molar refractivity (Wildman–Crippen MR) is 214 cm³/mol. The average molecular weight is 746 g/mol. The van der Waals surface area contributed by atoms with Gasteiger partial charge in [-0.3, -0.25) is 24.4 Å². The van der Waals surface area contributed by atoms with Crippen LogP contribution in [0, 0.1) is 6.92 Å². The second-order valence-corrected chi connectivity index (χ2v) is 14.8. The van der Waals surface area contributed by atoms with E-state index in [1.54, 1.807) is 7.11 Å². The van der Waals surface area contributed by atoms with E-state index in [1.807, 2.05) is 66.6 Å². The Kier molecular flexibility index (Phi) is 11.1. The van der Waals surface area contributed by atoms with Gasteiger partial charge in [0.1, 0.15) is 30.3 Å². The lowest BCUT2D eigenvalue weighted by atomic mass is 10.0. The summed E-state index contributed by atoms with van der Waals surface area (Å²) < 4.78 is 12.0. The number of benzene rings is 2. The van der Waals surface area contributed by atoms with Crippen LogP contribution in [0.2, 0.25) is 0 Å². The quantitative estimate of drug-likeness (QED) is 0.150. The summed E-state index contributed by atoms with van der Waals surface area (Å²) in [6.07, 6.45) is 8.48. The molecule has 2 aromatic carbocycles. The number of aryl methyl sites for hydroxylation is 1. The number of hydroxylamine groups is 1. The van der Waals surface area contributed by atoms with Crippen molar-refractivity contribution >= 4 is 34.6 Å². The molecule has 1 saturated carbocycles. The lowest BCUT2D eigenvalue weighted by molar-refractivity contribution is -0.111. The Balaban J connectivity index is 0.963. The number of aromatic nitrogens is 3. The molecular weight excluding hydrogens is 695 g/mol. The van der Waals surface area contributed by atoms with E-state index in [9.17, 15) is 4.79 Å². The highest BCUT2D eigenvalue weighted by Crippen LogP contribution is 2.41. The molecule has 4 fully saturated rings. The maximum Gasteiger partial charge on any atom is 0.247 e. The third-order valence-corrected chi connectivity index (χ3v) is 11.1. The smallest absolute Gasteiger partial charge is 0.247 e. The molecule has 4 aliphatic rings. The van der Waals surface area contributed by atoms with Gasteiger partial charge >= 0.3 is 0 Å². The molecule has 1 atom stereocenters. The normalized spacial score (nSPS) is 19.6. The van der Waals surface area contributed by atoms with Gasteiger partial charge in [0.15, 0.2) is 5.82 Å². The van der Waals surface area contributed by atoms with Crippen LogP contribution in [0.4, 0.5) is 28.7 Å². The van der Waals surface area contributed by atoms with Crippen LogP contribution in [0.15, 0.2) is 79.6 Å². The largest absolute Gasteiger partial charge is 0.494 e. The first-order valence-electron chi connectivity index (χ1n) is 19.5. The fourth-order valence-corrected chi connectivity index (χ4v) is 8.08. The Hall–Kier alpha value is -5.24. The second kappa shape index (κ2) is 16.6. The Morgan fingerprint density at radius 1 is 0.909 bits per heavy atom. The number of carbonyl (C=O) groups is 1. The number of anilines is 5. The Labute approximate surface area is 323 Å². The van der Waals surface area contributed by atoms with E-state index in [2.05, 4.69) is 52.9 Å². The van der Waals surface area contributed by atoms with Gasteiger partial charge in [-0.05, 0) is 74.6 Å². The Morgan fingerprint density at radius 2 is 1.67 bits per heavy atom. The van der Waals surface area contributed by atoms with E-state index >= 15 is 0 Å². The number of carbonyl (C=O) groups excluding carboxylic acids is 1. The van der Waals surface area contributed by atoms with Crippen molar-refractivity contribution in [3.05, 3.63) is 96.6 Å². The molecule has 5 heterocycles. The van der Waals surface area contributed by atoms with Gasteiger partial charge in [0.25, 0.3) is 0 Å². The van der Waals surface area contributed by atoms with Gasteiger partial charge in [-0.1, -0.05) is 24.8 Å². The van der Waals surface area contributed by atoms with E-state index in [0.717, 1.165) is 79.9 Å². The van der Waals surface area contributed by atoms with Crippen LogP contribution in [-0.2, 0) is 16.2 Å². The molecule has 0 unspecified atom stereocenters. The number of piperazine rings is 1. The first-order chi connectivity index (χ1) is 26.9. The molecule has 2 N–H and O–H groups in total. The summed E-state index contributed by atoms with van der Waals surface area (Å²) in [7, 11) is 1.66. The minimum absolute atomic E-state index is 0.0746. The zero-order valence-corrected chi connectivity index (χ0v) is 31.8. The maximum absolute atomic E-state index is 12.7. The number of nitrogens with one attached hydrogen (secondary N) is 2. The number of ether oxygens (including phenoxy) is 2. The van der Waals surface area contributed by atoms with Gasteiger partial charge in [-0.15, -0.1) is 0 Å². The molecule has 1 amide bonds. The number of hydrogen-bond acceptors (Lipinski definition) is 12. The van der Waals surface area contributed by atoms with Crippen molar-refractivity contribution < 1.29 is 19.1 Å². The average Bonchev–Trinajstić information content (AvgIpc) is 3.96. The van der Waals surface area contributed by atoms with E-state index in [-0.39, 0.29) is 11.9 Å². The number of methoxy groups -OCH3 is 1. The molecule has 0 bridgehead atoms. The standard InChI is InChI=1S/C42H51N9O4/c1-4-42(52)47-35-24-36(39(53-3)25-38(35)50-16-13-33(14-17-50)49-20-18-48(19-21-49)32-11-12-32)46-40-26-41(44-28-43-40)51-37(15-22-55-51)30-8-6-10-34(23-30)54-27-31-9-5-7-29(2)45-31/h4-10,23-26,28,32-33,37H,1,11-22,27H2,2-3H3,(H,47,52)(H,43,44,46)/t37-/m1/s1. The fraction of sp³-hybridized carbons (Fsp3) is 0.429. The third-order valence-electron chi connectivity index (χ3n) is 11.1. The van der Waals surface area contributed by atoms with Crippen LogP contribution in [0.5, 0.6) is 11.5 Å². The number of piperidine rings is 1. The van der Waals surface area contributed by atoms with Crippen LogP contribution in [-0.4, -0.2) is 95.7 Å². The van der Waals surface area contributed by atoms with Crippen molar-refractivity contribution in [2.45, 2.75) is 63.8 Å². The zero-order chi connectivity index (χ0) is 37.7. The minimum atomic E-state index is -0.274. The van der Waals surface area contributed by atoms with Crippen molar-refractivity contribution in [1.29, 1.82) is 0 Å². The highest BCUT2D eigenvalue weighted by Gasteiger charge is 2.34. The highest BCUT2D eigenvalue weighted by molar-refractivity contribution is 6.02. The van der Waals surface area contributed by atoms with Crippen molar-refractivity contribution in [3.8, 4) is 11.5 Å². The molecule has 2 aromatic heterocycles. The van der Waals surface area contributed by atoms with Gasteiger partial charge in [0, 0.05) is 75.6 Å². The zero-order valence-electron chi connectivity index (χ0n) is 31.8. The van der Waals surface area contributed by atoms with Gasteiger partial charge in [-0.2, -0.15) is 0 Å². The monoisotopic (exact) mass is 745 g/mol. The Bertz CT molecular complexity index is 1970. The summed E-state index contributed by atoms with van der Waals surface area (Å²) in [4.78, 5) is 40.2. The number of hydrogen-bond donors (Lipinski definition) is 2. The van der Waals surface area contributed by atoms with Crippen molar-refractivity contribution in [2.24, 2.45) is 0 Å². The van der Waals surface area contributed by atoms with E-state index in [4.69, 9.17) is 14.3 Å². The first-order valence-corrected chi connectivity index (χ1v) is 19.5. The van der Waals surface area contributed by atoms with Gasteiger partial charge in [0.05, 0.1) is 42.5 Å². The predicted octanol–water partition coefficient (Wildman–Crippen LogP) is 6.27. The lowest BCUT2D eigenvalue weighted by Gasteiger charge is -2.43. The van der Waals surface area contributed by atoms with Crippen LogP contribution >= 0.6 is 0 Å². The minimum Gasteiger partial charge on any atom is -0.494 e. The molecular formula is C42H51N9O4. The van der Waals surface area contributed by atoms with Crippen LogP contribution < -0.4 is 30.1 Å². The number of amides is 1. The summed E-state index contributed by atoms with van der Waals surface area (Å²) in [5.41, 5.74) is 5.16. The van der Waals surface area contributed by atoms with Crippen molar-refractivity contribution in [1.82, 2.24) is 24.8 Å². The van der Waals surface area contributed by atoms with E-state index in [0.29, 0.717) is 48.0 Å². The third kappa shape index (κ3) is 8.69. The summed E-state index contributed by atoms with van der Waals surface area (Å²) in [5, 5.41) is 8.31. The molecule has 13 heteroatoms. The summed E-state index contributed by atoms with van der Waals surface area (Å²) in [6, 6.07) is 21.1. The van der Waals surface area contributed by atoms with Gasteiger partial charge in [-0.25, -0.2) is 15.0 Å². The summed E-state index contributed by atoms with van der Waals surface area (Å²) >= 11 is 0. The number of nitrogens with zero attached hydrogens (tertiary/aromatic N) is 7. The molecule has 0 radical (unpaired) electrons. The molecule has 3 aliphatic heterocycles. The lowest BCUT2D eigenvalue weighted by Crippen LogP contribution is -2.53. The van der Waals surface area contributed by atoms with Crippen molar-refractivity contribution in [2.75, 3.05) is 73.6 Å².